The molecule has 2 bridgehead atoms. The molecule has 0 unspecified atom stereocenters. The van der Waals surface area contributed by atoms with Gasteiger partial charge in [0, 0.05) is 13.5 Å². The summed E-state index contributed by atoms with van der Waals surface area (Å²) >= 11 is 0. The molecule has 1 saturated heterocycles. The van der Waals surface area contributed by atoms with Gasteiger partial charge in [-0.3, -0.25) is 4.79 Å². The Kier molecular flexibility index (Phi) is 1.98. The van der Waals surface area contributed by atoms with Crippen LogP contribution in [0.25, 0.3) is 0 Å². The van der Waals surface area contributed by atoms with Gasteiger partial charge < -0.3 is 10.1 Å². The summed E-state index contributed by atoms with van der Waals surface area (Å²) in [5.74, 6) is 0.696. The highest BCUT2D eigenvalue weighted by Crippen LogP contribution is 2.32. The molecule has 4 nitrogen and oxygen atoms in total. The Bertz CT molecular complexity index is 262. The summed E-state index contributed by atoms with van der Waals surface area (Å²) in [6, 6.07) is 0.0602. The van der Waals surface area contributed by atoms with Crippen LogP contribution in [-0.4, -0.2) is 34.8 Å². The Balaban J connectivity index is 2.23. The van der Waals surface area contributed by atoms with Gasteiger partial charge in [-0.25, -0.2) is 0 Å². The first-order valence-electron chi connectivity index (χ1n) is 4.69. The maximum Gasteiger partial charge on any atom is 0.223 e. The lowest BCUT2D eigenvalue weighted by atomic mass is 9.78. The van der Waals surface area contributed by atoms with E-state index in [2.05, 4.69) is 5.16 Å². The molecule has 1 amide bonds. The van der Waals surface area contributed by atoms with Crippen LogP contribution < -0.4 is 0 Å². The summed E-state index contributed by atoms with van der Waals surface area (Å²) in [5, 5.41) is 12.0. The summed E-state index contributed by atoms with van der Waals surface area (Å²) in [5.41, 5.74) is 0.770. The van der Waals surface area contributed by atoms with E-state index < -0.39 is 0 Å². The lowest BCUT2D eigenvalue weighted by Crippen LogP contribution is -2.50. The molecule has 13 heavy (non-hydrogen) atoms. The summed E-state index contributed by atoms with van der Waals surface area (Å²) in [6.07, 6.45) is 3.48. The zero-order valence-electron chi connectivity index (χ0n) is 7.73. The van der Waals surface area contributed by atoms with Crippen LogP contribution in [0, 0.1) is 5.92 Å². The molecular formula is C9H14N2O2. The third-order valence-corrected chi connectivity index (χ3v) is 3.20. The van der Waals surface area contributed by atoms with E-state index in [1.807, 2.05) is 0 Å². The topological polar surface area (TPSA) is 52.9 Å². The molecule has 0 aromatic carbocycles. The Morgan fingerprint density at radius 2 is 2.38 bits per heavy atom. The number of nitrogens with zero attached hydrogens (tertiary/aromatic N) is 2. The van der Waals surface area contributed by atoms with Gasteiger partial charge in [0.05, 0.1) is 11.8 Å². The van der Waals surface area contributed by atoms with Crippen molar-refractivity contribution in [3.05, 3.63) is 0 Å². The minimum absolute atomic E-state index is 0.0602. The van der Waals surface area contributed by atoms with E-state index in [0.29, 0.717) is 12.3 Å². The molecule has 1 aliphatic carbocycles. The van der Waals surface area contributed by atoms with Gasteiger partial charge in [-0.2, -0.15) is 0 Å². The number of hydrogen-bond acceptors (Lipinski definition) is 3. The van der Waals surface area contributed by atoms with E-state index in [0.717, 1.165) is 25.0 Å². The molecule has 0 spiro atoms. The number of hydrogen-bond donors (Lipinski definition) is 1. The quantitative estimate of drug-likeness (QED) is 0.446. The van der Waals surface area contributed by atoms with E-state index >= 15 is 0 Å². The predicted octanol–water partition coefficient (Wildman–Crippen LogP) is 0.847. The number of carbonyl (C=O) groups is 1. The average molecular weight is 182 g/mol. The molecule has 2 fully saturated rings. The third kappa shape index (κ3) is 1.30. The van der Waals surface area contributed by atoms with Crippen molar-refractivity contribution >= 4 is 11.6 Å². The first kappa shape index (κ1) is 8.53. The number of rotatable bonds is 0. The fraction of sp³-hybridized carbons (Fsp3) is 0.778. The van der Waals surface area contributed by atoms with Crippen molar-refractivity contribution in [2.24, 2.45) is 11.1 Å². The second-order valence-corrected chi connectivity index (χ2v) is 3.96. The minimum Gasteiger partial charge on any atom is -0.411 e. The molecule has 1 N–H and O–H groups in total. The first-order valence-corrected chi connectivity index (χ1v) is 4.69. The largest absolute Gasteiger partial charge is 0.411 e. The molecular weight excluding hydrogens is 168 g/mol. The second-order valence-electron chi connectivity index (χ2n) is 3.96. The average Bonchev–Trinajstić information content (AvgIpc) is 2.15. The number of piperidine rings is 1. The van der Waals surface area contributed by atoms with Crippen molar-refractivity contribution < 1.29 is 10.0 Å². The zero-order valence-corrected chi connectivity index (χ0v) is 7.73. The summed E-state index contributed by atoms with van der Waals surface area (Å²) in [6.45, 7) is 0. The van der Waals surface area contributed by atoms with Crippen LogP contribution in [0.5, 0.6) is 0 Å². The molecule has 2 aliphatic rings. The smallest absolute Gasteiger partial charge is 0.223 e. The van der Waals surface area contributed by atoms with E-state index in [1.54, 1.807) is 11.9 Å². The van der Waals surface area contributed by atoms with Gasteiger partial charge in [-0.15, -0.1) is 0 Å². The van der Waals surface area contributed by atoms with Gasteiger partial charge in [-0.1, -0.05) is 5.16 Å². The van der Waals surface area contributed by atoms with Crippen LogP contribution in [0.2, 0.25) is 0 Å². The molecule has 2 rings (SSSR count). The summed E-state index contributed by atoms with van der Waals surface area (Å²) in [7, 11) is 1.79. The van der Waals surface area contributed by atoms with Gasteiger partial charge in [0.2, 0.25) is 5.91 Å². The summed E-state index contributed by atoms with van der Waals surface area (Å²) < 4.78 is 0. The van der Waals surface area contributed by atoms with Crippen molar-refractivity contribution in [3.8, 4) is 0 Å². The monoisotopic (exact) mass is 182 g/mol. The Hall–Kier alpha value is -1.06. The maximum atomic E-state index is 11.5. The van der Waals surface area contributed by atoms with Crippen molar-refractivity contribution in [3.63, 3.8) is 0 Å². The maximum absolute atomic E-state index is 11.5. The normalized spacial score (nSPS) is 36.8. The number of amides is 1. The minimum atomic E-state index is 0.0602. The van der Waals surface area contributed by atoms with Crippen LogP contribution >= 0.6 is 0 Å². The first-order chi connectivity index (χ1) is 6.22. The fourth-order valence-electron chi connectivity index (χ4n) is 2.34. The van der Waals surface area contributed by atoms with Crippen LogP contribution in [-0.2, 0) is 4.79 Å². The van der Waals surface area contributed by atoms with Crippen LogP contribution in [0.4, 0.5) is 0 Å². The Labute approximate surface area is 77.2 Å². The van der Waals surface area contributed by atoms with E-state index in [1.165, 1.54) is 0 Å². The molecule has 4 heteroatoms. The van der Waals surface area contributed by atoms with Gasteiger partial charge in [-0.05, 0) is 25.2 Å². The van der Waals surface area contributed by atoms with E-state index in [4.69, 9.17) is 5.21 Å². The molecule has 2 atom stereocenters. The third-order valence-electron chi connectivity index (χ3n) is 3.20. The second kappa shape index (κ2) is 3.01. The van der Waals surface area contributed by atoms with Crippen molar-refractivity contribution in [2.45, 2.75) is 31.7 Å². The van der Waals surface area contributed by atoms with Gasteiger partial charge in [0.25, 0.3) is 0 Å². The highest BCUT2D eigenvalue weighted by Gasteiger charge is 2.38. The lowest BCUT2D eigenvalue weighted by Gasteiger charge is -2.40. The fourth-order valence-corrected chi connectivity index (χ4v) is 2.34. The number of carbonyl (C=O) groups excluding carboxylic acids is 1. The number of fused-ring (bicyclic) bond motifs is 2. The molecule has 0 radical (unpaired) electrons. The zero-order chi connectivity index (χ0) is 9.42. The Morgan fingerprint density at radius 3 is 3.08 bits per heavy atom. The van der Waals surface area contributed by atoms with E-state index in [9.17, 15) is 4.79 Å². The van der Waals surface area contributed by atoms with Crippen LogP contribution in [0.15, 0.2) is 5.16 Å². The SMILES string of the molecule is CN1C(=O)C[C@@H]2CC/C(=N\O)[C@H]1C2. The molecule has 1 saturated carbocycles. The van der Waals surface area contributed by atoms with Gasteiger partial charge in [0.1, 0.15) is 0 Å². The molecule has 1 aliphatic heterocycles. The molecule has 0 aromatic heterocycles. The van der Waals surface area contributed by atoms with E-state index in [-0.39, 0.29) is 11.9 Å². The molecule has 1 heterocycles. The number of oxime groups is 1. The van der Waals surface area contributed by atoms with Crippen molar-refractivity contribution in [1.29, 1.82) is 0 Å². The summed E-state index contributed by atoms with van der Waals surface area (Å²) in [4.78, 5) is 13.2. The lowest BCUT2D eigenvalue weighted by molar-refractivity contribution is -0.135. The molecule has 0 aromatic rings. The highest BCUT2D eigenvalue weighted by atomic mass is 16.4. The van der Waals surface area contributed by atoms with Crippen LogP contribution in [0.1, 0.15) is 25.7 Å². The van der Waals surface area contributed by atoms with Gasteiger partial charge in [0.15, 0.2) is 0 Å². The Morgan fingerprint density at radius 1 is 1.62 bits per heavy atom. The highest BCUT2D eigenvalue weighted by molar-refractivity contribution is 5.94. The van der Waals surface area contributed by atoms with Crippen LogP contribution in [0.3, 0.4) is 0 Å². The predicted molar refractivity (Wildman–Crippen MR) is 47.7 cm³/mol. The molecule has 72 valence electrons. The van der Waals surface area contributed by atoms with Crippen molar-refractivity contribution in [2.75, 3.05) is 7.05 Å². The standard InChI is InChI=1S/C9H14N2O2/c1-11-8-4-6(5-9(11)12)2-3-7(8)10-13/h6,8,13H,2-5H2,1H3/b10-7+/t6-,8-/m1/s1. The van der Waals surface area contributed by atoms with Gasteiger partial charge >= 0.3 is 0 Å². The number of likely N-dealkylation sites (tertiary alicyclic amines) is 1. The van der Waals surface area contributed by atoms with Crippen molar-refractivity contribution in [1.82, 2.24) is 4.90 Å².